The van der Waals surface area contributed by atoms with E-state index in [-0.39, 0.29) is 11.4 Å². The molecule has 104 valence electrons. The van der Waals surface area contributed by atoms with Crippen LogP contribution < -0.4 is 5.69 Å². The molecule has 0 amide bonds. The van der Waals surface area contributed by atoms with E-state index >= 15 is 0 Å². The molecule has 2 N–H and O–H groups in total. The number of rotatable bonds is 5. The maximum atomic E-state index is 11.8. The third kappa shape index (κ3) is 2.36. The van der Waals surface area contributed by atoms with Crippen molar-refractivity contribution in [1.82, 2.24) is 14.8 Å². The van der Waals surface area contributed by atoms with Gasteiger partial charge in [-0.15, -0.1) is 5.10 Å². The van der Waals surface area contributed by atoms with E-state index in [4.69, 9.17) is 5.11 Å². The molecule has 1 atom stereocenters. The van der Waals surface area contributed by atoms with Gasteiger partial charge in [-0.2, -0.15) is 0 Å². The lowest BCUT2D eigenvalue weighted by atomic mass is 9.77. The molecule has 0 saturated heterocycles. The highest BCUT2D eigenvalue weighted by Crippen LogP contribution is 2.36. The summed E-state index contributed by atoms with van der Waals surface area (Å²) in [6.07, 6.45) is 0.941. The molecule has 1 aliphatic rings. The van der Waals surface area contributed by atoms with E-state index in [1.54, 1.807) is 0 Å². The highest BCUT2D eigenvalue weighted by atomic mass is 32.2. The van der Waals surface area contributed by atoms with Gasteiger partial charge in [-0.1, -0.05) is 36.0 Å². The van der Waals surface area contributed by atoms with Crippen molar-refractivity contribution >= 4 is 17.7 Å². The minimum atomic E-state index is -0.925. The number of hydrogen-bond acceptors (Lipinski definition) is 4. The Morgan fingerprint density at radius 2 is 2.30 bits per heavy atom. The number of carbonyl (C=O) groups is 1. The molecule has 1 aliphatic carbocycles. The molecule has 0 fully saturated rings. The fourth-order valence-corrected chi connectivity index (χ4v) is 3.12. The van der Waals surface area contributed by atoms with Gasteiger partial charge in [-0.25, -0.2) is 9.89 Å². The number of carboxylic acids is 1. The first kappa shape index (κ1) is 13.0. The van der Waals surface area contributed by atoms with Crippen LogP contribution in [0.1, 0.15) is 17.0 Å². The quantitative estimate of drug-likeness (QED) is 0.805. The highest BCUT2D eigenvalue weighted by molar-refractivity contribution is 7.99. The van der Waals surface area contributed by atoms with Crippen molar-refractivity contribution < 1.29 is 9.90 Å². The molecule has 2 aromatic rings. The largest absolute Gasteiger partial charge is 0.481 e. The van der Waals surface area contributed by atoms with Crippen molar-refractivity contribution in [3.8, 4) is 0 Å². The second-order valence-corrected chi connectivity index (χ2v) is 5.65. The summed E-state index contributed by atoms with van der Waals surface area (Å²) in [5.74, 6) is -0.734. The van der Waals surface area contributed by atoms with Gasteiger partial charge in [0.05, 0.1) is 5.75 Å². The summed E-state index contributed by atoms with van der Waals surface area (Å²) in [5.41, 5.74) is 2.28. The minimum Gasteiger partial charge on any atom is -0.481 e. The first-order valence-electron chi connectivity index (χ1n) is 6.22. The molecular weight excluding hydrogens is 278 g/mol. The first-order valence-corrected chi connectivity index (χ1v) is 7.21. The zero-order valence-electron chi connectivity index (χ0n) is 10.6. The van der Waals surface area contributed by atoms with Crippen LogP contribution in [0.4, 0.5) is 0 Å². The van der Waals surface area contributed by atoms with E-state index in [0.717, 1.165) is 18.2 Å². The number of benzene rings is 1. The van der Waals surface area contributed by atoms with E-state index < -0.39 is 5.97 Å². The molecule has 1 heterocycles. The number of fused-ring (bicyclic) bond motifs is 1. The minimum absolute atomic E-state index is 0.106. The molecule has 0 spiro atoms. The van der Waals surface area contributed by atoms with Crippen LogP contribution in [-0.2, 0) is 17.8 Å². The molecule has 1 aromatic carbocycles. The van der Waals surface area contributed by atoms with E-state index in [0.29, 0.717) is 17.6 Å². The number of nitrogens with one attached hydrogen (secondary N) is 1. The number of thioether (sulfide) groups is 1. The molecule has 1 aromatic heterocycles. The van der Waals surface area contributed by atoms with Crippen molar-refractivity contribution in [2.24, 2.45) is 0 Å². The van der Waals surface area contributed by atoms with Gasteiger partial charge in [-0.05, 0) is 17.5 Å². The van der Waals surface area contributed by atoms with Gasteiger partial charge in [-0.3, -0.25) is 9.36 Å². The summed E-state index contributed by atoms with van der Waals surface area (Å²) in [7, 11) is 0. The molecule has 0 aliphatic heterocycles. The topological polar surface area (TPSA) is 88.0 Å². The van der Waals surface area contributed by atoms with Crippen LogP contribution >= 0.6 is 11.8 Å². The SMILES string of the molecule is O=C(O)CSc1n[nH]c(=O)n1CC1Cc2ccccc21. The molecule has 1 unspecified atom stereocenters. The standard InChI is InChI=1S/C13H13N3O3S/c17-11(18)7-20-13-15-14-12(19)16(13)6-9-5-8-3-1-2-4-10(8)9/h1-4,9H,5-7H2,(H,14,19)(H,17,18). The Morgan fingerprint density at radius 3 is 3.05 bits per heavy atom. The van der Waals surface area contributed by atoms with Gasteiger partial charge in [0, 0.05) is 12.5 Å². The van der Waals surface area contributed by atoms with Crippen LogP contribution in [-0.4, -0.2) is 31.6 Å². The Balaban J connectivity index is 1.77. The predicted octanol–water partition coefficient (Wildman–Crippen LogP) is 1.09. The van der Waals surface area contributed by atoms with E-state index in [1.807, 2.05) is 12.1 Å². The maximum absolute atomic E-state index is 11.8. The van der Waals surface area contributed by atoms with Crippen molar-refractivity contribution in [2.45, 2.75) is 24.0 Å². The van der Waals surface area contributed by atoms with Gasteiger partial charge in [0.1, 0.15) is 0 Å². The number of H-pyrrole nitrogens is 1. The lowest BCUT2D eigenvalue weighted by Gasteiger charge is -2.30. The molecule has 0 bridgehead atoms. The summed E-state index contributed by atoms with van der Waals surface area (Å²) in [4.78, 5) is 22.4. The van der Waals surface area contributed by atoms with Crippen molar-refractivity contribution in [3.63, 3.8) is 0 Å². The molecule has 0 saturated carbocycles. The first-order chi connectivity index (χ1) is 9.65. The Labute approximate surface area is 118 Å². The zero-order valence-corrected chi connectivity index (χ0v) is 11.4. The Morgan fingerprint density at radius 1 is 1.50 bits per heavy atom. The van der Waals surface area contributed by atoms with Gasteiger partial charge in [0.25, 0.3) is 0 Å². The highest BCUT2D eigenvalue weighted by Gasteiger charge is 2.27. The fourth-order valence-electron chi connectivity index (χ4n) is 2.45. The lowest BCUT2D eigenvalue weighted by molar-refractivity contribution is -0.133. The number of carboxylic acid groups (broad SMARTS) is 1. The zero-order chi connectivity index (χ0) is 14.1. The second kappa shape index (κ2) is 5.16. The van der Waals surface area contributed by atoms with Crippen LogP contribution in [0.2, 0.25) is 0 Å². The number of hydrogen-bond donors (Lipinski definition) is 2. The number of aromatic nitrogens is 3. The molecule has 6 nitrogen and oxygen atoms in total. The van der Waals surface area contributed by atoms with Gasteiger partial charge in [0.2, 0.25) is 0 Å². The molecule has 20 heavy (non-hydrogen) atoms. The van der Waals surface area contributed by atoms with E-state index in [1.165, 1.54) is 15.7 Å². The lowest BCUT2D eigenvalue weighted by Crippen LogP contribution is -2.27. The van der Waals surface area contributed by atoms with Gasteiger partial charge >= 0.3 is 11.7 Å². The van der Waals surface area contributed by atoms with E-state index in [2.05, 4.69) is 22.3 Å². The summed E-state index contributed by atoms with van der Waals surface area (Å²) in [6, 6.07) is 8.15. The normalized spacial score (nSPS) is 16.5. The smallest absolute Gasteiger partial charge is 0.343 e. The monoisotopic (exact) mass is 291 g/mol. The third-order valence-electron chi connectivity index (χ3n) is 3.41. The summed E-state index contributed by atoms with van der Waals surface area (Å²) >= 11 is 1.05. The Kier molecular flexibility index (Phi) is 3.35. The second-order valence-electron chi connectivity index (χ2n) is 4.70. The Bertz CT molecular complexity index is 707. The summed E-state index contributed by atoms with van der Waals surface area (Å²) < 4.78 is 1.52. The molecular formula is C13H13N3O3S. The van der Waals surface area contributed by atoms with Crippen LogP contribution in [0.5, 0.6) is 0 Å². The van der Waals surface area contributed by atoms with E-state index in [9.17, 15) is 9.59 Å². The molecule has 0 radical (unpaired) electrons. The summed E-state index contributed by atoms with van der Waals surface area (Å²) in [6.45, 7) is 0.536. The van der Waals surface area contributed by atoms with Gasteiger partial charge < -0.3 is 5.11 Å². The predicted molar refractivity (Wildman–Crippen MR) is 74.1 cm³/mol. The van der Waals surface area contributed by atoms with Crippen LogP contribution in [0.3, 0.4) is 0 Å². The van der Waals surface area contributed by atoms with Gasteiger partial charge in [0.15, 0.2) is 5.16 Å². The molecule has 3 rings (SSSR count). The van der Waals surface area contributed by atoms with Crippen molar-refractivity contribution in [2.75, 3.05) is 5.75 Å². The molecule has 7 heteroatoms. The maximum Gasteiger partial charge on any atom is 0.343 e. The number of nitrogens with zero attached hydrogens (tertiary/aromatic N) is 2. The van der Waals surface area contributed by atoms with Crippen molar-refractivity contribution in [1.29, 1.82) is 0 Å². The fraction of sp³-hybridized carbons (Fsp3) is 0.308. The third-order valence-corrected chi connectivity index (χ3v) is 4.37. The van der Waals surface area contributed by atoms with Crippen LogP contribution in [0, 0.1) is 0 Å². The van der Waals surface area contributed by atoms with Crippen molar-refractivity contribution in [3.05, 3.63) is 45.9 Å². The summed E-state index contributed by atoms with van der Waals surface area (Å²) in [5, 5.41) is 15.4. The van der Waals surface area contributed by atoms with Crippen LogP contribution in [0.15, 0.2) is 34.2 Å². The average molecular weight is 291 g/mol. The number of aliphatic carboxylic acids is 1. The van der Waals surface area contributed by atoms with Crippen LogP contribution in [0.25, 0.3) is 0 Å². The number of aromatic amines is 1. The Hall–Kier alpha value is -2.02. The average Bonchev–Trinajstić information content (AvgIpc) is 2.74.